The van der Waals surface area contributed by atoms with Gasteiger partial charge in [-0.05, 0) is 31.5 Å². The van der Waals surface area contributed by atoms with E-state index in [1.54, 1.807) is 30.6 Å². The molecule has 0 aliphatic heterocycles. The van der Waals surface area contributed by atoms with Crippen molar-refractivity contribution in [3.8, 4) is 5.75 Å². The molecule has 1 unspecified atom stereocenters. The fourth-order valence-corrected chi connectivity index (χ4v) is 3.08. The second kappa shape index (κ2) is 11.3. The van der Waals surface area contributed by atoms with Gasteiger partial charge in [0, 0.05) is 26.1 Å². The summed E-state index contributed by atoms with van der Waals surface area (Å²) in [6.45, 7) is 6.06. The second-order valence-corrected chi connectivity index (χ2v) is 6.64. The van der Waals surface area contributed by atoms with E-state index in [9.17, 15) is 5.11 Å². The summed E-state index contributed by atoms with van der Waals surface area (Å²) in [6.07, 6.45) is 0.0143. The highest BCUT2D eigenvalue weighted by atomic mass is 127. The van der Waals surface area contributed by atoms with E-state index in [4.69, 9.17) is 4.74 Å². The lowest BCUT2D eigenvalue weighted by atomic mass is 10.2. The lowest BCUT2D eigenvalue weighted by Crippen LogP contribution is -2.38. The average Bonchev–Trinajstić information content (AvgIpc) is 3.07. The molecule has 1 heterocycles. The Labute approximate surface area is 176 Å². The van der Waals surface area contributed by atoms with Crippen LogP contribution in [0.1, 0.15) is 36.2 Å². The number of benzene rings is 1. The molecule has 1 aromatic heterocycles. The Morgan fingerprint density at radius 2 is 2.08 bits per heavy atom. The van der Waals surface area contributed by atoms with E-state index in [1.165, 1.54) is 0 Å². The highest BCUT2D eigenvalue weighted by Crippen LogP contribution is 2.21. The molecule has 0 aliphatic carbocycles. The van der Waals surface area contributed by atoms with Crippen molar-refractivity contribution in [2.45, 2.75) is 33.0 Å². The van der Waals surface area contributed by atoms with Crippen molar-refractivity contribution in [2.75, 3.05) is 20.7 Å². The zero-order valence-corrected chi connectivity index (χ0v) is 18.7. The molecule has 0 bridgehead atoms. The van der Waals surface area contributed by atoms with Crippen LogP contribution >= 0.6 is 35.3 Å². The number of phenolic OH excluding ortho intramolecular Hbond substituents is 1. The number of nitrogens with zero attached hydrogens (tertiary/aromatic N) is 3. The third-order valence-electron chi connectivity index (χ3n) is 3.71. The number of aromatic nitrogens is 1. The Morgan fingerprint density at radius 3 is 2.69 bits per heavy atom. The van der Waals surface area contributed by atoms with Gasteiger partial charge in [0.25, 0.3) is 0 Å². The maximum atomic E-state index is 9.36. The Balaban J connectivity index is 0.00000338. The minimum absolute atomic E-state index is 0. The van der Waals surface area contributed by atoms with E-state index in [-0.39, 0.29) is 35.8 Å². The fourth-order valence-electron chi connectivity index (χ4n) is 2.24. The standard InChI is InChI=1S/C18H26N4O2S.HI/c1-5-19-18(20-10-14-6-8-16(23)9-7-14)22(3)11-15-12-25-17(21-15)13(2)24-4;/h6-9,12-13,23H,5,10-11H2,1-4H3,(H,19,20);1H. The summed E-state index contributed by atoms with van der Waals surface area (Å²) in [5.41, 5.74) is 2.05. The van der Waals surface area contributed by atoms with Crippen molar-refractivity contribution < 1.29 is 9.84 Å². The number of rotatable bonds is 7. The number of thiazole rings is 1. The Bertz CT molecular complexity index is 691. The predicted molar refractivity (Wildman–Crippen MR) is 117 cm³/mol. The molecule has 0 aliphatic rings. The molecule has 1 atom stereocenters. The van der Waals surface area contributed by atoms with E-state index in [1.807, 2.05) is 33.0 Å². The largest absolute Gasteiger partial charge is 0.508 e. The van der Waals surface area contributed by atoms with Crippen LogP contribution in [0.5, 0.6) is 5.75 Å². The monoisotopic (exact) mass is 490 g/mol. The topological polar surface area (TPSA) is 70.0 Å². The molecule has 26 heavy (non-hydrogen) atoms. The molecular formula is C18H27IN4O2S. The minimum atomic E-state index is 0. The maximum absolute atomic E-state index is 9.36. The van der Waals surface area contributed by atoms with Crippen LogP contribution < -0.4 is 5.32 Å². The number of hydrogen-bond acceptors (Lipinski definition) is 5. The summed E-state index contributed by atoms with van der Waals surface area (Å²) >= 11 is 1.61. The van der Waals surface area contributed by atoms with Crippen LogP contribution in [0.15, 0.2) is 34.6 Å². The van der Waals surface area contributed by atoms with Crippen LogP contribution in [0, 0.1) is 0 Å². The summed E-state index contributed by atoms with van der Waals surface area (Å²) in [5.74, 6) is 1.09. The number of ether oxygens (including phenoxy) is 1. The normalized spacial score (nSPS) is 12.4. The Hall–Kier alpha value is -1.39. The smallest absolute Gasteiger partial charge is 0.194 e. The third-order valence-corrected chi connectivity index (χ3v) is 4.77. The molecule has 0 fully saturated rings. The van der Waals surface area contributed by atoms with Crippen LogP contribution in [0.25, 0.3) is 0 Å². The molecule has 2 aromatic rings. The first-order valence-corrected chi connectivity index (χ1v) is 9.15. The molecule has 8 heteroatoms. The SMILES string of the molecule is CCNC(=NCc1ccc(O)cc1)N(C)Cc1csc(C(C)OC)n1.I. The summed E-state index contributed by atoms with van der Waals surface area (Å²) < 4.78 is 5.32. The molecule has 0 amide bonds. The van der Waals surface area contributed by atoms with Gasteiger partial charge in [-0.15, -0.1) is 35.3 Å². The van der Waals surface area contributed by atoms with E-state index >= 15 is 0 Å². The Kier molecular flexibility index (Phi) is 9.89. The zero-order valence-electron chi connectivity index (χ0n) is 15.6. The van der Waals surface area contributed by atoms with Crippen molar-refractivity contribution in [2.24, 2.45) is 4.99 Å². The van der Waals surface area contributed by atoms with Crippen molar-refractivity contribution in [3.05, 3.63) is 45.9 Å². The molecule has 0 saturated heterocycles. The Morgan fingerprint density at radius 1 is 1.38 bits per heavy atom. The fraction of sp³-hybridized carbons (Fsp3) is 0.444. The number of hydrogen-bond donors (Lipinski definition) is 2. The first kappa shape index (κ1) is 22.7. The summed E-state index contributed by atoms with van der Waals surface area (Å²) in [5, 5.41) is 15.7. The zero-order chi connectivity index (χ0) is 18.2. The van der Waals surface area contributed by atoms with Crippen LogP contribution in [-0.2, 0) is 17.8 Å². The van der Waals surface area contributed by atoms with Gasteiger partial charge in [0.1, 0.15) is 16.9 Å². The molecule has 144 valence electrons. The van der Waals surface area contributed by atoms with Gasteiger partial charge in [0.2, 0.25) is 0 Å². The van der Waals surface area contributed by atoms with Gasteiger partial charge in [0.15, 0.2) is 5.96 Å². The molecular weight excluding hydrogens is 463 g/mol. The van der Waals surface area contributed by atoms with Crippen LogP contribution in [0.3, 0.4) is 0 Å². The lowest BCUT2D eigenvalue weighted by molar-refractivity contribution is 0.119. The van der Waals surface area contributed by atoms with Gasteiger partial charge in [-0.1, -0.05) is 12.1 Å². The van der Waals surface area contributed by atoms with Crippen LogP contribution in [0.2, 0.25) is 0 Å². The van der Waals surface area contributed by atoms with Gasteiger partial charge in [-0.25, -0.2) is 9.98 Å². The van der Waals surface area contributed by atoms with E-state index < -0.39 is 0 Å². The number of nitrogens with one attached hydrogen (secondary N) is 1. The van der Waals surface area contributed by atoms with Gasteiger partial charge in [-0.3, -0.25) is 0 Å². The van der Waals surface area contributed by atoms with Gasteiger partial charge in [-0.2, -0.15) is 0 Å². The van der Waals surface area contributed by atoms with E-state index in [0.717, 1.165) is 28.8 Å². The van der Waals surface area contributed by atoms with Crippen LogP contribution in [0.4, 0.5) is 0 Å². The van der Waals surface area contributed by atoms with Crippen molar-refractivity contribution in [1.82, 2.24) is 15.2 Å². The number of phenols is 1. The van der Waals surface area contributed by atoms with E-state index in [0.29, 0.717) is 13.1 Å². The number of aromatic hydroxyl groups is 1. The summed E-state index contributed by atoms with van der Waals surface area (Å²) in [6, 6.07) is 7.10. The maximum Gasteiger partial charge on any atom is 0.194 e. The third kappa shape index (κ3) is 6.73. The van der Waals surface area contributed by atoms with Crippen molar-refractivity contribution >= 4 is 41.3 Å². The first-order valence-electron chi connectivity index (χ1n) is 8.28. The molecule has 1 aromatic carbocycles. The van der Waals surface area contributed by atoms with Crippen molar-refractivity contribution in [3.63, 3.8) is 0 Å². The predicted octanol–water partition coefficient (Wildman–Crippen LogP) is 3.77. The van der Waals surface area contributed by atoms with Crippen molar-refractivity contribution in [1.29, 1.82) is 0 Å². The lowest BCUT2D eigenvalue weighted by Gasteiger charge is -2.21. The molecule has 0 saturated carbocycles. The van der Waals surface area contributed by atoms with Gasteiger partial charge >= 0.3 is 0 Å². The summed E-state index contributed by atoms with van der Waals surface area (Å²) in [7, 11) is 3.69. The van der Waals surface area contributed by atoms with Crippen LogP contribution in [-0.4, -0.2) is 41.7 Å². The average molecular weight is 490 g/mol. The highest BCUT2D eigenvalue weighted by molar-refractivity contribution is 14.0. The molecule has 2 N–H and O–H groups in total. The molecule has 0 spiro atoms. The molecule has 6 nitrogen and oxygen atoms in total. The number of halogens is 1. The minimum Gasteiger partial charge on any atom is -0.508 e. The highest BCUT2D eigenvalue weighted by Gasteiger charge is 2.12. The molecule has 0 radical (unpaired) electrons. The van der Waals surface area contributed by atoms with E-state index in [2.05, 4.69) is 25.6 Å². The number of methoxy groups -OCH3 is 1. The number of guanidine groups is 1. The van der Waals surface area contributed by atoms with Gasteiger partial charge < -0.3 is 20.1 Å². The first-order chi connectivity index (χ1) is 12.0. The summed E-state index contributed by atoms with van der Waals surface area (Å²) in [4.78, 5) is 11.4. The number of aliphatic imine (C=N–C) groups is 1. The molecule has 2 rings (SSSR count). The second-order valence-electron chi connectivity index (χ2n) is 5.75. The van der Waals surface area contributed by atoms with Gasteiger partial charge in [0.05, 0.1) is 18.8 Å². The quantitative estimate of drug-likeness (QED) is 0.352.